The minimum atomic E-state index is -0.644. The van der Waals surface area contributed by atoms with Crippen molar-refractivity contribution in [2.75, 3.05) is 16.8 Å². The first kappa shape index (κ1) is 15.4. The van der Waals surface area contributed by atoms with Gasteiger partial charge in [0.2, 0.25) is 0 Å². The molecule has 2 aromatic rings. The molecule has 0 amide bonds. The Labute approximate surface area is 129 Å². The van der Waals surface area contributed by atoms with E-state index in [0.29, 0.717) is 0 Å². The first-order valence-electron chi connectivity index (χ1n) is 6.60. The van der Waals surface area contributed by atoms with Crippen molar-refractivity contribution in [3.05, 3.63) is 46.7 Å². The van der Waals surface area contributed by atoms with Crippen LogP contribution in [0.1, 0.15) is 26.3 Å². The number of nitrogen functional groups attached to an aromatic ring is 2. The van der Waals surface area contributed by atoms with Crippen LogP contribution in [0.4, 0.5) is 27.1 Å². The fourth-order valence-corrected chi connectivity index (χ4v) is 2.14. The molecule has 112 valence electrons. The van der Waals surface area contributed by atoms with Crippen LogP contribution in [0.25, 0.3) is 0 Å². The highest BCUT2D eigenvalue weighted by molar-refractivity contribution is 6.33. The molecule has 0 saturated carbocycles. The molecule has 5 heteroatoms. The van der Waals surface area contributed by atoms with Crippen molar-refractivity contribution in [3.8, 4) is 0 Å². The summed E-state index contributed by atoms with van der Waals surface area (Å²) in [4.78, 5) is 0. The van der Waals surface area contributed by atoms with E-state index in [0.717, 1.165) is 5.69 Å². The third-order valence-electron chi connectivity index (χ3n) is 3.29. The summed E-state index contributed by atoms with van der Waals surface area (Å²) in [5.41, 5.74) is 13.8. The predicted octanol–water partition coefficient (Wildman–Crippen LogP) is 4.68. The average molecular weight is 308 g/mol. The number of hydrogen-bond acceptors (Lipinski definition) is 3. The standard InChI is InChI=1S/C16H19ClFN3/c1-16(2,3)9-4-6-10(7-5-9)21-15-12(20)8-11(19)13(17)14(15)18/h4-8,21H,19-20H2,1-3H3. The molecular formula is C16H19ClFN3. The van der Waals surface area contributed by atoms with Crippen molar-refractivity contribution in [3.63, 3.8) is 0 Å². The molecule has 0 fully saturated rings. The Balaban J connectivity index is 2.33. The summed E-state index contributed by atoms with van der Waals surface area (Å²) >= 11 is 5.81. The highest BCUT2D eigenvalue weighted by Gasteiger charge is 2.16. The number of nitrogens with two attached hydrogens (primary N) is 2. The topological polar surface area (TPSA) is 64.1 Å². The fraction of sp³-hybridized carbons (Fsp3) is 0.250. The molecule has 3 nitrogen and oxygen atoms in total. The van der Waals surface area contributed by atoms with Crippen molar-refractivity contribution >= 4 is 34.4 Å². The van der Waals surface area contributed by atoms with Gasteiger partial charge in [-0.2, -0.15) is 0 Å². The monoisotopic (exact) mass is 307 g/mol. The lowest BCUT2D eigenvalue weighted by atomic mass is 9.87. The van der Waals surface area contributed by atoms with Crippen molar-refractivity contribution in [2.45, 2.75) is 26.2 Å². The van der Waals surface area contributed by atoms with Gasteiger partial charge >= 0.3 is 0 Å². The Bertz CT molecular complexity index is 661. The molecule has 0 atom stereocenters. The number of halogens is 2. The Kier molecular flexibility index (Phi) is 4.01. The summed E-state index contributed by atoms with van der Waals surface area (Å²) in [5, 5.41) is 2.82. The molecule has 0 aromatic heterocycles. The zero-order chi connectivity index (χ0) is 15.8. The fourth-order valence-electron chi connectivity index (χ4n) is 1.99. The lowest BCUT2D eigenvalue weighted by molar-refractivity contribution is 0.590. The zero-order valence-corrected chi connectivity index (χ0v) is 13.1. The van der Waals surface area contributed by atoms with Gasteiger partial charge in [0.1, 0.15) is 5.02 Å². The van der Waals surface area contributed by atoms with Crippen LogP contribution in [0.15, 0.2) is 30.3 Å². The van der Waals surface area contributed by atoms with Crippen LogP contribution >= 0.6 is 11.6 Å². The second kappa shape index (κ2) is 5.45. The normalized spacial score (nSPS) is 11.5. The van der Waals surface area contributed by atoms with Gasteiger partial charge in [0.15, 0.2) is 5.82 Å². The van der Waals surface area contributed by atoms with E-state index >= 15 is 0 Å². The molecular weight excluding hydrogens is 289 g/mol. The molecule has 0 spiro atoms. The van der Waals surface area contributed by atoms with Gasteiger partial charge in [-0.1, -0.05) is 44.5 Å². The lowest BCUT2D eigenvalue weighted by Crippen LogP contribution is -2.10. The van der Waals surface area contributed by atoms with Gasteiger partial charge in [0, 0.05) is 5.69 Å². The summed E-state index contributed by atoms with van der Waals surface area (Å²) in [7, 11) is 0. The molecule has 5 N–H and O–H groups in total. The highest BCUT2D eigenvalue weighted by Crippen LogP contribution is 2.35. The van der Waals surface area contributed by atoms with E-state index in [2.05, 4.69) is 26.1 Å². The molecule has 0 aliphatic rings. The van der Waals surface area contributed by atoms with Crippen LogP contribution in [0, 0.1) is 5.82 Å². The van der Waals surface area contributed by atoms with Gasteiger partial charge in [0.05, 0.1) is 17.1 Å². The van der Waals surface area contributed by atoms with Crippen molar-refractivity contribution < 1.29 is 4.39 Å². The van der Waals surface area contributed by atoms with Crippen LogP contribution in [-0.4, -0.2) is 0 Å². The van der Waals surface area contributed by atoms with Gasteiger partial charge in [-0.25, -0.2) is 4.39 Å². The van der Waals surface area contributed by atoms with Gasteiger partial charge in [0.25, 0.3) is 0 Å². The maximum atomic E-state index is 14.1. The highest BCUT2D eigenvalue weighted by atomic mass is 35.5. The molecule has 2 rings (SSSR count). The number of anilines is 4. The van der Waals surface area contributed by atoms with Crippen LogP contribution < -0.4 is 16.8 Å². The molecule has 0 saturated heterocycles. The molecule has 2 aromatic carbocycles. The largest absolute Gasteiger partial charge is 0.397 e. The number of rotatable bonds is 2. The number of hydrogen-bond donors (Lipinski definition) is 3. The Hall–Kier alpha value is -1.94. The van der Waals surface area contributed by atoms with Crippen LogP contribution in [-0.2, 0) is 5.41 Å². The average Bonchev–Trinajstić information content (AvgIpc) is 2.41. The van der Waals surface area contributed by atoms with Gasteiger partial charge in [-0.05, 0) is 29.2 Å². The van der Waals surface area contributed by atoms with E-state index in [9.17, 15) is 4.39 Å². The van der Waals surface area contributed by atoms with E-state index in [1.807, 2.05) is 24.3 Å². The molecule has 21 heavy (non-hydrogen) atoms. The Morgan fingerprint density at radius 1 is 1.05 bits per heavy atom. The van der Waals surface area contributed by atoms with Crippen LogP contribution in [0.2, 0.25) is 5.02 Å². The Morgan fingerprint density at radius 3 is 2.14 bits per heavy atom. The number of benzene rings is 2. The first-order chi connectivity index (χ1) is 9.70. The minimum absolute atomic E-state index is 0.0628. The molecule has 0 unspecified atom stereocenters. The third kappa shape index (κ3) is 3.22. The van der Waals surface area contributed by atoms with Crippen LogP contribution in [0.5, 0.6) is 0 Å². The second-order valence-corrected chi connectivity index (χ2v) is 6.39. The predicted molar refractivity (Wildman–Crippen MR) is 88.7 cm³/mol. The van der Waals surface area contributed by atoms with E-state index in [4.69, 9.17) is 23.1 Å². The van der Waals surface area contributed by atoms with Crippen molar-refractivity contribution in [1.29, 1.82) is 0 Å². The van der Waals surface area contributed by atoms with E-state index in [1.165, 1.54) is 11.6 Å². The third-order valence-corrected chi connectivity index (χ3v) is 3.67. The smallest absolute Gasteiger partial charge is 0.169 e. The van der Waals surface area contributed by atoms with E-state index in [-0.39, 0.29) is 27.5 Å². The van der Waals surface area contributed by atoms with Gasteiger partial charge in [-0.15, -0.1) is 0 Å². The summed E-state index contributed by atoms with van der Waals surface area (Å²) in [6, 6.07) is 9.19. The summed E-state index contributed by atoms with van der Waals surface area (Å²) < 4.78 is 14.1. The molecule has 0 aliphatic carbocycles. The minimum Gasteiger partial charge on any atom is -0.397 e. The summed E-state index contributed by atoms with van der Waals surface area (Å²) in [6.45, 7) is 6.40. The second-order valence-electron chi connectivity index (χ2n) is 6.01. The SMILES string of the molecule is CC(C)(C)c1ccc(Nc2c(N)cc(N)c(Cl)c2F)cc1. The van der Waals surface area contributed by atoms with E-state index in [1.54, 1.807) is 0 Å². The molecule has 0 heterocycles. The van der Waals surface area contributed by atoms with Crippen molar-refractivity contribution in [1.82, 2.24) is 0 Å². The van der Waals surface area contributed by atoms with Gasteiger partial charge in [-0.3, -0.25) is 0 Å². The maximum absolute atomic E-state index is 14.1. The zero-order valence-electron chi connectivity index (χ0n) is 12.3. The Morgan fingerprint density at radius 2 is 1.62 bits per heavy atom. The first-order valence-corrected chi connectivity index (χ1v) is 6.98. The van der Waals surface area contributed by atoms with E-state index < -0.39 is 5.82 Å². The molecule has 0 bridgehead atoms. The maximum Gasteiger partial charge on any atom is 0.169 e. The summed E-state index contributed by atoms with van der Waals surface area (Å²) in [6.07, 6.45) is 0. The molecule has 0 aliphatic heterocycles. The number of nitrogens with one attached hydrogen (secondary N) is 1. The summed E-state index contributed by atoms with van der Waals surface area (Å²) in [5.74, 6) is -0.644. The quantitative estimate of drug-likeness (QED) is 0.706. The van der Waals surface area contributed by atoms with Gasteiger partial charge < -0.3 is 16.8 Å². The van der Waals surface area contributed by atoms with Crippen molar-refractivity contribution in [2.24, 2.45) is 0 Å². The lowest BCUT2D eigenvalue weighted by Gasteiger charge is -2.19. The van der Waals surface area contributed by atoms with Crippen LogP contribution in [0.3, 0.4) is 0 Å². The molecule has 0 radical (unpaired) electrons.